The molecule has 1 N–H and O–H groups in total. The third kappa shape index (κ3) is 2.09. The van der Waals surface area contributed by atoms with E-state index in [2.05, 4.69) is 15.9 Å². The molecule has 1 aromatic carbocycles. The first kappa shape index (κ1) is 11.5. The summed E-state index contributed by atoms with van der Waals surface area (Å²) < 4.78 is 37.7. The zero-order valence-corrected chi connectivity index (χ0v) is 8.85. The Labute approximate surface area is 87.7 Å². The Morgan fingerprint density at radius 1 is 1.14 bits per heavy atom. The summed E-state index contributed by atoms with van der Waals surface area (Å²) in [6.07, 6.45) is -4.67. The van der Waals surface area contributed by atoms with Gasteiger partial charge in [-0.3, -0.25) is 0 Å². The van der Waals surface area contributed by atoms with E-state index in [9.17, 15) is 18.3 Å². The molecular formula is C9H8BrF3O. The molecule has 0 bridgehead atoms. The summed E-state index contributed by atoms with van der Waals surface area (Å²) in [5, 5.41) is 9.27. The Balaban J connectivity index is 3.10. The number of alkyl halides is 3. The molecule has 0 spiro atoms. The third-order valence-electron chi connectivity index (χ3n) is 1.96. The van der Waals surface area contributed by atoms with Gasteiger partial charge >= 0.3 is 6.18 Å². The minimum Gasteiger partial charge on any atom is -0.376 e. The van der Waals surface area contributed by atoms with Crippen LogP contribution in [0.2, 0.25) is 0 Å². The van der Waals surface area contributed by atoms with Gasteiger partial charge in [0.2, 0.25) is 0 Å². The Kier molecular flexibility index (Phi) is 2.92. The summed E-state index contributed by atoms with van der Waals surface area (Å²) in [5.41, 5.74) is -2.97. The zero-order valence-electron chi connectivity index (χ0n) is 7.27. The number of hydrogen-bond acceptors (Lipinski definition) is 1. The maximum absolute atomic E-state index is 12.4. The maximum Gasteiger partial charge on any atom is 0.421 e. The first-order chi connectivity index (χ1) is 6.25. The lowest BCUT2D eigenvalue weighted by Gasteiger charge is -2.26. The van der Waals surface area contributed by atoms with Crippen molar-refractivity contribution in [2.45, 2.75) is 18.7 Å². The van der Waals surface area contributed by atoms with Crippen molar-refractivity contribution in [3.8, 4) is 0 Å². The lowest BCUT2D eigenvalue weighted by molar-refractivity contribution is -0.258. The normalized spacial score (nSPS) is 16.4. The predicted molar refractivity (Wildman–Crippen MR) is 49.8 cm³/mol. The SMILES string of the molecule is C[C@](O)(c1ccc(Br)cc1)C(F)(F)F. The fourth-order valence-electron chi connectivity index (χ4n) is 0.938. The Hall–Kier alpha value is -0.550. The van der Waals surface area contributed by atoms with Crippen molar-refractivity contribution in [1.29, 1.82) is 0 Å². The van der Waals surface area contributed by atoms with Crippen LogP contribution in [0.4, 0.5) is 13.2 Å². The van der Waals surface area contributed by atoms with Crippen LogP contribution in [0, 0.1) is 0 Å². The van der Waals surface area contributed by atoms with Crippen molar-refractivity contribution in [2.24, 2.45) is 0 Å². The molecule has 0 aliphatic rings. The van der Waals surface area contributed by atoms with Gasteiger partial charge in [-0.05, 0) is 24.6 Å². The average Bonchev–Trinajstić information content (AvgIpc) is 2.03. The van der Waals surface area contributed by atoms with Crippen LogP contribution in [0.5, 0.6) is 0 Å². The third-order valence-corrected chi connectivity index (χ3v) is 2.49. The van der Waals surface area contributed by atoms with Crippen molar-refractivity contribution >= 4 is 15.9 Å². The fraction of sp³-hybridized carbons (Fsp3) is 0.333. The van der Waals surface area contributed by atoms with Crippen LogP contribution >= 0.6 is 15.9 Å². The smallest absolute Gasteiger partial charge is 0.376 e. The average molecular weight is 269 g/mol. The van der Waals surface area contributed by atoms with Crippen LogP contribution in [-0.2, 0) is 5.60 Å². The van der Waals surface area contributed by atoms with E-state index >= 15 is 0 Å². The van der Waals surface area contributed by atoms with Crippen molar-refractivity contribution in [3.63, 3.8) is 0 Å². The van der Waals surface area contributed by atoms with Gasteiger partial charge in [0.25, 0.3) is 0 Å². The van der Waals surface area contributed by atoms with Gasteiger partial charge in [0.1, 0.15) is 0 Å². The molecule has 1 rings (SSSR count). The van der Waals surface area contributed by atoms with Crippen LogP contribution in [-0.4, -0.2) is 11.3 Å². The molecule has 0 amide bonds. The van der Waals surface area contributed by atoms with E-state index in [0.29, 0.717) is 4.47 Å². The molecule has 0 radical (unpaired) electrons. The van der Waals surface area contributed by atoms with Crippen LogP contribution in [0.25, 0.3) is 0 Å². The Bertz CT molecular complexity index is 316. The summed E-state index contributed by atoms with van der Waals surface area (Å²) in [6.45, 7) is 0.732. The van der Waals surface area contributed by atoms with Gasteiger partial charge in [-0.15, -0.1) is 0 Å². The molecule has 78 valence electrons. The fourth-order valence-corrected chi connectivity index (χ4v) is 1.20. The standard InChI is InChI=1S/C9H8BrF3O/c1-8(14,9(11,12)13)6-2-4-7(10)5-3-6/h2-5,14H,1H3/t8-/m0/s1. The zero-order chi connectivity index (χ0) is 11.0. The molecule has 0 fully saturated rings. The van der Waals surface area contributed by atoms with E-state index in [1.165, 1.54) is 24.3 Å². The minimum atomic E-state index is -4.67. The van der Waals surface area contributed by atoms with E-state index < -0.39 is 11.8 Å². The maximum atomic E-state index is 12.4. The number of rotatable bonds is 1. The highest BCUT2D eigenvalue weighted by atomic mass is 79.9. The molecule has 0 saturated heterocycles. The highest BCUT2D eigenvalue weighted by Crippen LogP contribution is 2.38. The van der Waals surface area contributed by atoms with Crippen LogP contribution in [0.15, 0.2) is 28.7 Å². The van der Waals surface area contributed by atoms with Crippen molar-refractivity contribution in [2.75, 3.05) is 0 Å². The summed E-state index contributed by atoms with van der Waals surface area (Å²) in [7, 11) is 0. The number of benzene rings is 1. The van der Waals surface area contributed by atoms with E-state index in [0.717, 1.165) is 6.92 Å². The largest absolute Gasteiger partial charge is 0.421 e. The highest BCUT2D eigenvalue weighted by Gasteiger charge is 2.50. The summed E-state index contributed by atoms with van der Waals surface area (Å²) in [6, 6.07) is 5.38. The molecule has 0 aliphatic heterocycles. The second-order valence-corrected chi connectivity index (χ2v) is 3.99. The van der Waals surface area contributed by atoms with Crippen molar-refractivity contribution in [3.05, 3.63) is 34.3 Å². The summed E-state index contributed by atoms with van der Waals surface area (Å²) in [5.74, 6) is 0. The van der Waals surface area contributed by atoms with E-state index in [1.54, 1.807) is 0 Å². The van der Waals surface area contributed by atoms with Crippen molar-refractivity contribution in [1.82, 2.24) is 0 Å². The van der Waals surface area contributed by atoms with Crippen LogP contribution in [0.3, 0.4) is 0 Å². The van der Waals surface area contributed by atoms with Crippen molar-refractivity contribution < 1.29 is 18.3 Å². The molecule has 1 aromatic rings. The van der Waals surface area contributed by atoms with Gasteiger partial charge in [0.15, 0.2) is 5.60 Å². The van der Waals surface area contributed by atoms with E-state index in [1.807, 2.05) is 0 Å². The molecule has 1 atom stereocenters. The molecule has 0 aromatic heterocycles. The van der Waals surface area contributed by atoms with Gasteiger partial charge in [0.05, 0.1) is 0 Å². The summed E-state index contributed by atoms with van der Waals surface area (Å²) in [4.78, 5) is 0. The first-order valence-electron chi connectivity index (χ1n) is 3.80. The molecule has 0 heterocycles. The topological polar surface area (TPSA) is 20.2 Å². The van der Waals surface area contributed by atoms with Gasteiger partial charge < -0.3 is 5.11 Å². The van der Waals surface area contributed by atoms with Crippen LogP contribution in [0.1, 0.15) is 12.5 Å². The quantitative estimate of drug-likeness (QED) is 0.829. The molecule has 5 heteroatoms. The molecule has 0 unspecified atom stereocenters. The molecular weight excluding hydrogens is 261 g/mol. The lowest BCUT2D eigenvalue weighted by atomic mass is 9.96. The molecule has 1 nitrogen and oxygen atoms in total. The second kappa shape index (κ2) is 3.55. The monoisotopic (exact) mass is 268 g/mol. The minimum absolute atomic E-state index is 0.173. The number of halogens is 4. The molecule has 14 heavy (non-hydrogen) atoms. The number of aliphatic hydroxyl groups is 1. The van der Waals surface area contributed by atoms with Crippen LogP contribution < -0.4 is 0 Å². The molecule has 0 aliphatic carbocycles. The Morgan fingerprint density at radius 2 is 1.57 bits per heavy atom. The van der Waals surface area contributed by atoms with Gasteiger partial charge in [-0.1, -0.05) is 28.1 Å². The van der Waals surface area contributed by atoms with Gasteiger partial charge in [0, 0.05) is 4.47 Å². The van der Waals surface area contributed by atoms with Gasteiger partial charge in [-0.2, -0.15) is 13.2 Å². The lowest BCUT2D eigenvalue weighted by Crippen LogP contribution is -2.39. The first-order valence-corrected chi connectivity index (χ1v) is 4.59. The molecule has 0 saturated carbocycles. The van der Waals surface area contributed by atoms with E-state index in [-0.39, 0.29) is 5.56 Å². The summed E-state index contributed by atoms with van der Waals surface area (Å²) >= 11 is 3.10. The van der Waals surface area contributed by atoms with E-state index in [4.69, 9.17) is 0 Å². The van der Waals surface area contributed by atoms with Gasteiger partial charge in [-0.25, -0.2) is 0 Å². The second-order valence-electron chi connectivity index (χ2n) is 3.08. The Morgan fingerprint density at radius 3 is 1.93 bits per heavy atom. The predicted octanol–water partition coefficient (Wildman–Crippen LogP) is 3.22. The number of hydrogen-bond donors (Lipinski definition) is 1. The highest BCUT2D eigenvalue weighted by molar-refractivity contribution is 9.10.